The maximum absolute atomic E-state index is 6.38. The fraction of sp³-hybridized carbons (Fsp3) is 0.714. The summed E-state index contributed by atoms with van der Waals surface area (Å²) >= 11 is 1.73. The van der Waals surface area contributed by atoms with Crippen molar-refractivity contribution in [3.63, 3.8) is 0 Å². The standard InChI is InChI=1S/C14H23NOS/c1-3-10-4-6-11(7-5-10)14(15)13-8-12(16-2)9-17-13/h8-11,14H,3-7,15H2,1-2H3. The number of thiophene rings is 1. The molecule has 0 aromatic carbocycles. The smallest absolute Gasteiger partial charge is 0.129 e. The summed E-state index contributed by atoms with van der Waals surface area (Å²) in [7, 11) is 1.71. The van der Waals surface area contributed by atoms with Gasteiger partial charge >= 0.3 is 0 Å². The number of methoxy groups -OCH3 is 1. The summed E-state index contributed by atoms with van der Waals surface area (Å²) in [4.78, 5) is 1.28. The van der Waals surface area contributed by atoms with Gasteiger partial charge < -0.3 is 10.5 Å². The maximum atomic E-state index is 6.38. The molecule has 0 aliphatic heterocycles. The van der Waals surface area contributed by atoms with E-state index in [0.29, 0.717) is 5.92 Å². The fourth-order valence-electron chi connectivity index (χ4n) is 2.80. The first-order valence-electron chi connectivity index (χ1n) is 6.62. The van der Waals surface area contributed by atoms with E-state index in [9.17, 15) is 0 Å². The molecule has 0 bridgehead atoms. The Balaban J connectivity index is 1.94. The lowest BCUT2D eigenvalue weighted by molar-refractivity contribution is 0.241. The first kappa shape index (κ1) is 12.9. The van der Waals surface area contributed by atoms with Gasteiger partial charge in [0.05, 0.1) is 7.11 Å². The highest BCUT2D eigenvalue weighted by molar-refractivity contribution is 7.10. The second-order valence-electron chi connectivity index (χ2n) is 5.10. The average Bonchev–Trinajstić information content (AvgIpc) is 2.87. The van der Waals surface area contributed by atoms with Gasteiger partial charge in [-0.1, -0.05) is 26.2 Å². The molecule has 0 spiro atoms. The molecule has 1 aliphatic rings. The molecular weight excluding hydrogens is 230 g/mol. The Labute approximate surface area is 108 Å². The summed E-state index contributed by atoms with van der Waals surface area (Å²) in [6.07, 6.45) is 6.63. The van der Waals surface area contributed by atoms with Crippen LogP contribution < -0.4 is 10.5 Å². The quantitative estimate of drug-likeness (QED) is 0.881. The molecule has 0 amide bonds. The van der Waals surface area contributed by atoms with Gasteiger partial charge in [0.25, 0.3) is 0 Å². The molecular formula is C14H23NOS. The molecule has 3 heteroatoms. The molecule has 2 nitrogen and oxygen atoms in total. The zero-order valence-corrected chi connectivity index (χ0v) is 11.6. The van der Waals surface area contributed by atoms with Crippen molar-refractivity contribution in [2.75, 3.05) is 7.11 Å². The van der Waals surface area contributed by atoms with Gasteiger partial charge in [-0.15, -0.1) is 11.3 Å². The average molecular weight is 253 g/mol. The molecule has 0 saturated heterocycles. The molecule has 1 fully saturated rings. The largest absolute Gasteiger partial charge is 0.496 e. The second-order valence-corrected chi connectivity index (χ2v) is 6.05. The van der Waals surface area contributed by atoms with E-state index in [-0.39, 0.29) is 6.04 Å². The van der Waals surface area contributed by atoms with E-state index in [2.05, 4.69) is 13.0 Å². The zero-order valence-electron chi connectivity index (χ0n) is 10.8. The molecule has 1 aliphatic carbocycles. The van der Waals surface area contributed by atoms with Crippen LogP contribution in [0.2, 0.25) is 0 Å². The van der Waals surface area contributed by atoms with Crippen LogP contribution in [-0.2, 0) is 0 Å². The van der Waals surface area contributed by atoms with Gasteiger partial charge in [-0.2, -0.15) is 0 Å². The van der Waals surface area contributed by atoms with Crippen molar-refractivity contribution >= 4 is 11.3 Å². The van der Waals surface area contributed by atoms with Crippen LogP contribution in [0.3, 0.4) is 0 Å². The summed E-state index contributed by atoms with van der Waals surface area (Å²) in [5.74, 6) is 2.56. The van der Waals surface area contributed by atoms with Crippen molar-refractivity contribution < 1.29 is 4.74 Å². The van der Waals surface area contributed by atoms with E-state index in [4.69, 9.17) is 10.5 Å². The Kier molecular flexibility index (Phi) is 4.46. The summed E-state index contributed by atoms with van der Waals surface area (Å²) in [5.41, 5.74) is 6.38. The van der Waals surface area contributed by atoms with Gasteiger partial charge in [-0.3, -0.25) is 0 Å². The van der Waals surface area contributed by atoms with Crippen molar-refractivity contribution in [1.82, 2.24) is 0 Å². The van der Waals surface area contributed by atoms with Gasteiger partial charge in [-0.05, 0) is 30.7 Å². The van der Waals surface area contributed by atoms with E-state index in [0.717, 1.165) is 11.7 Å². The number of hydrogen-bond acceptors (Lipinski definition) is 3. The molecule has 1 atom stereocenters. The molecule has 0 radical (unpaired) electrons. The van der Waals surface area contributed by atoms with Crippen molar-refractivity contribution in [2.24, 2.45) is 17.6 Å². The maximum Gasteiger partial charge on any atom is 0.129 e. The predicted molar refractivity (Wildman–Crippen MR) is 73.5 cm³/mol. The van der Waals surface area contributed by atoms with Gasteiger partial charge in [0.2, 0.25) is 0 Å². The van der Waals surface area contributed by atoms with Crippen molar-refractivity contribution in [2.45, 2.75) is 45.1 Å². The van der Waals surface area contributed by atoms with E-state index in [1.54, 1.807) is 18.4 Å². The highest BCUT2D eigenvalue weighted by Gasteiger charge is 2.26. The Hall–Kier alpha value is -0.540. The van der Waals surface area contributed by atoms with Crippen LogP contribution >= 0.6 is 11.3 Å². The molecule has 1 heterocycles. The lowest BCUT2D eigenvalue weighted by atomic mass is 9.77. The van der Waals surface area contributed by atoms with Crippen LogP contribution in [0.5, 0.6) is 5.75 Å². The summed E-state index contributed by atoms with van der Waals surface area (Å²) < 4.78 is 5.22. The third kappa shape index (κ3) is 3.02. The highest BCUT2D eigenvalue weighted by Crippen LogP contribution is 2.39. The summed E-state index contributed by atoms with van der Waals surface area (Å²) in [5, 5.41) is 2.05. The number of rotatable bonds is 4. The van der Waals surface area contributed by atoms with Crippen molar-refractivity contribution in [3.8, 4) is 5.75 Å². The van der Waals surface area contributed by atoms with Gasteiger partial charge in [-0.25, -0.2) is 0 Å². The Morgan fingerprint density at radius 1 is 1.41 bits per heavy atom. The van der Waals surface area contributed by atoms with Gasteiger partial charge in [0.15, 0.2) is 0 Å². The number of ether oxygens (including phenoxy) is 1. The first-order chi connectivity index (χ1) is 8.24. The minimum Gasteiger partial charge on any atom is -0.496 e. The molecule has 1 unspecified atom stereocenters. The van der Waals surface area contributed by atoms with Crippen LogP contribution in [-0.4, -0.2) is 7.11 Å². The molecule has 2 rings (SSSR count). The van der Waals surface area contributed by atoms with Crippen molar-refractivity contribution in [1.29, 1.82) is 0 Å². The third-order valence-electron chi connectivity index (χ3n) is 4.14. The lowest BCUT2D eigenvalue weighted by Gasteiger charge is -2.31. The van der Waals surface area contributed by atoms with Gasteiger partial charge in [0.1, 0.15) is 5.75 Å². The van der Waals surface area contributed by atoms with E-state index < -0.39 is 0 Å². The van der Waals surface area contributed by atoms with Crippen LogP contribution in [0.1, 0.15) is 49.9 Å². The Bertz CT molecular complexity index is 342. The monoisotopic (exact) mass is 253 g/mol. The molecule has 1 aromatic rings. The molecule has 1 saturated carbocycles. The van der Waals surface area contributed by atoms with E-state index >= 15 is 0 Å². The molecule has 2 N–H and O–H groups in total. The van der Waals surface area contributed by atoms with Crippen LogP contribution in [0.4, 0.5) is 0 Å². The van der Waals surface area contributed by atoms with Crippen molar-refractivity contribution in [3.05, 3.63) is 16.3 Å². The normalized spacial score (nSPS) is 26.8. The SMILES string of the molecule is CCC1CCC(C(N)c2cc(OC)cs2)CC1. The number of nitrogens with two attached hydrogens (primary N) is 1. The minimum atomic E-state index is 0.210. The predicted octanol–water partition coefficient (Wildman–Crippen LogP) is 3.97. The second kappa shape index (κ2) is 5.87. The molecule has 1 aromatic heterocycles. The molecule has 17 heavy (non-hydrogen) atoms. The fourth-order valence-corrected chi connectivity index (χ4v) is 3.75. The Morgan fingerprint density at radius 2 is 2.12 bits per heavy atom. The zero-order chi connectivity index (χ0) is 12.3. The molecule has 96 valence electrons. The van der Waals surface area contributed by atoms with E-state index in [1.807, 2.05) is 5.38 Å². The number of hydrogen-bond donors (Lipinski definition) is 1. The van der Waals surface area contributed by atoms with Crippen LogP contribution in [0, 0.1) is 11.8 Å². The lowest BCUT2D eigenvalue weighted by Crippen LogP contribution is -2.25. The van der Waals surface area contributed by atoms with Crippen LogP contribution in [0.25, 0.3) is 0 Å². The third-order valence-corrected chi connectivity index (χ3v) is 5.15. The summed E-state index contributed by atoms with van der Waals surface area (Å²) in [6, 6.07) is 2.31. The van der Waals surface area contributed by atoms with Crippen LogP contribution in [0.15, 0.2) is 11.4 Å². The van der Waals surface area contributed by atoms with Gasteiger partial charge in [0, 0.05) is 16.3 Å². The summed E-state index contributed by atoms with van der Waals surface area (Å²) in [6.45, 7) is 2.30. The first-order valence-corrected chi connectivity index (χ1v) is 7.50. The Morgan fingerprint density at radius 3 is 2.65 bits per heavy atom. The van der Waals surface area contributed by atoms with E-state index in [1.165, 1.54) is 37.0 Å². The topological polar surface area (TPSA) is 35.2 Å². The highest BCUT2D eigenvalue weighted by atomic mass is 32.1. The minimum absolute atomic E-state index is 0.210.